The van der Waals surface area contributed by atoms with Gasteiger partial charge in [-0.1, -0.05) is 0 Å². The lowest BCUT2D eigenvalue weighted by molar-refractivity contribution is 0.171. The zero-order valence-electron chi connectivity index (χ0n) is 12.3. The smallest absolute Gasteiger partial charge is 0.122 e. The van der Waals surface area contributed by atoms with E-state index in [1.807, 2.05) is 6.07 Å². The third-order valence-electron chi connectivity index (χ3n) is 3.75. The highest BCUT2D eigenvalue weighted by Gasteiger charge is 2.19. The van der Waals surface area contributed by atoms with Gasteiger partial charge in [0.15, 0.2) is 0 Å². The Morgan fingerprint density at radius 3 is 2.40 bits per heavy atom. The fraction of sp³-hybridized carbons (Fsp3) is 0.600. The summed E-state index contributed by atoms with van der Waals surface area (Å²) in [5.74, 6) is 2.34. The van der Waals surface area contributed by atoms with Gasteiger partial charge in [0, 0.05) is 19.2 Å². The van der Waals surface area contributed by atoms with Crippen LogP contribution in [0.3, 0.4) is 0 Å². The maximum atomic E-state index is 5.78. The molecule has 0 aliphatic carbocycles. The molecule has 1 heterocycles. The number of halogens is 1. The summed E-state index contributed by atoms with van der Waals surface area (Å²) in [6.45, 7) is 3.97. The van der Waals surface area contributed by atoms with Crippen molar-refractivity contribution in [3.05, 3.63) is 23.8 Å². The standard InChI is InChI=1S/C15H24N2O2.ClH/c1-18-14-6-13(7-15(8-14)19-2)11-17-5-3-4-12(9-16)10-17;/h6-8,12H,3-5,9-11,16H2,1-2H3;1H. The third-order valence-corrected chi connectivity index (χ3v) is 3.75. The summed E-state index contributed by atoms with van der Waals surface area (Å²) in [5, 5.41) is 0. The predicted molar refractivity (Wildman–Crippen MR) is 83.8 cm³/mol. The van der Waals surface area contributed by atoms with E-state index in [1.165, 1.54) is 18.4 Å². The largest absolute Gasteiger partial charge is 0.497 e. The number of piperidine rings is 1. The summed E-state index contributed by atoms with van der Waals surface area (Å²) in [5.41, 5.74) is 7.01. The van der Waals surface area contributed by atoms with Gasteiger partial charge in [0.25, 0.3) is 0 Å². The third kappa shape index (κ3) is 4.54. The van der Waals surface area contributed by atoms with Gasteiger partial charge in [0.1, 0.15) is 11.5 Å². The summed E-state index contributed by atoms with van der Waals surface area (Å²) in [6.07, 6.45) is 2.50. The van der Waals surface area contributed by atoms with Crippen LogP contribution < -0.4 is 15.2 Å². The van der Waals surface area contributed by atoms with Gasteiger partial charge in [-0.25, -0.2) is 0 Å². The fourth-order valence-corrected chi connectivity index (χ4v) is 2.70. The Bertz CT molecular complexity index is 393. The Labute approximate surface area is 127 Å². The van der Waals surface area contributed by atoms with Crippen LogP contribution in [-0.4, -0.2) is 38.8 Å². The van der Waals surface area contributed by atoms with Gasteiger partial charge in [0.05, 0.1) is 14.2 Å². The Hall–Kier alpha value is -0.970. The maximum Gasteiger partial charge on any atom is 0.122 e. The molecular formula is C15H25ClN2O2. The number of likely N-dealkylation sites (tertiary alicyclic amines) is 1. The van der Waals surface area contributed by atoms with Crippen LogP contribution in [-0.2, 0) is 6.54 Å². The van der Waals surface area contributed by atoms with Crippen molar-refractivity contribution in [2.24, 2.45) is 11.7 Å². The van der Waals surface area contributed by atoms with Crippen molar-refractivity contribution in [2.75, 3.05) is 33.9 Å². The zero-order chi connectivity index (χ0) is 13.7. The van der Waals surface area contributed by atoms with E-state index in [0.717, 1.165) is 37.7 Å². The van der Waals surface area contributed by atoms with Crippen LogP contribution in [0, 0.1) is 5.92 Å². The second kappa shape index (κ2) is 8.35. The predicted octanol–water partition coefficient (Wildman–Crippen LogP) is 2.30. The molecule has 1 aromatic carbocycles. The van der Waals surface area contributed by atoms with Crippen molar-refractivity contribution in [1.29, 1.82) is 0 Å². The highest BCUT2D eigenvalue weighted by molar-refractivity contribution is 5.85. The average molecular weight is 301 g/mol. The Balaban J connectivity index is 0.00000200. The minimum Gasteiger partial charge on any atom is -0.497 e. The molecule has 4 nitrogen and oxygen atoms in total. The Kier molecular flexibility index (Phi) is 7.13. The quantitative estimate of drug-likeness (QED) is 0.906. The molecule has 0 bridgehead atoms. The second-order valence-corrected chi connectivity index (χ2v) is 5.20. The van der Waals surface area contributed by atoms with Gasteiger partial charge in [-0.05, 0) is 49.5 Å². The molecule has 1 aromatic rings. The molecular weight excluding hydrogens is 276 g/mol. The van der Waals surface area contributed by atoms with E-state index in [2.05, 4.69) is 17.0 Å². The van der Waals surface area contributed by atoms with Crippen LogP contribution in [0.5, 0.6) is 11.5 Å². The zero-order valence-corrected chi connectivity index (χ0v) is 13.1. The van der Waals surface area contributed by atoms with Gasteiger partial charge >= 0.3 is 0 Å². The number of rotatable bonds is 5. The maximum absolute atomic E-state index is 5.78. The number of methoxy groups -OCH3 is 2. The van der Waals surface area contributed by atoms with E-state index in [0.29, 0.717) is 5.92 Å². The summed E-state index contributed by atoms with van der Waals surface area (Å²) in [6, 6.07) is 6.06. The molecule has 2 rings (SSSR count). The van der Waals surface area contributed by atoms with Crippen molar-refractivity contribution in [2.45, 2.75) is 19.4 Å². The molecule has 0 aromatic heterocycles. The minimum absolute atomic E-state index is 0. The molecule has 0 radical (unpaired) electrons. The molecule has 1 fully saturated rings. The first-order valence-electron chi connectivity index (χ1n) is 6.89. The number of nitrogens with zero attached hydrogens (tertiary/aromatic N) is 1. The van der Waals surface area contributed by atoms with Crippen LogP contribution >= 0.6 is 12.4 Å². The molecule has 114 valence electrons. The number of ether oxygens (including phenoxy) is 2. The molecule has 1 unspecified atom stereocenters. The highest BCUT2D eigenvalue weighted by Crippen LogP contribution is 2.25. The number of nitrogens with two attached hydrogens (primary N) is 1. The van der Waals surface area contributed by atoms with E-state index >= 15 is 0 Å². The first-order valence-corrected chi connectivity index (χ1v) is 6.89. The van der Waals surface area contributed by atoms with Crippen LogP contribution in [0.25, 0.3) is 0 Å². The Morgan fingerprint density at radius 1 is 1.20 bits per heavy atom. The molecule has 1 saturated heterocycles. The molecule has 1 atom stereocenters. The lowest BCUT2D eigenvalue weighted by Gasteiger charge is -2.32. The van der Waals surface area contributed by atoms with Gasteiger partial charge in [-0.15, -0.1) is 12.4 Å². The topological polar surface area (TPSA) is 47.7 Å². The second-order valence-electron chi connectivity index (χ2n) is 5.20. The Morgan fingerprint density at radius 2 is 1.85 bits per heavy atom. The van der Waals surface area contributed by atoms with Gasteiger partial charge in [-0.2, -0.15) is 0 Å². The van der Waals surface area contributed by atoms with Crippen molar-refractivity contribution >= 4 is 12.4 Å². The monoisotopic (exact) mass is 300 g/mol. The van der Waals surface area contributed by atoms with Gasteiger partial charge < -0.3 is 15.2 Å². The number of hydrogen-bond acceptors (Lipinski definition) is 4. The molecule has 1 aliphatic rings. The number of hydrogen-bond donors (Lipinski definition) is 1. The van der Waals surface area contributed by atoms with Crippen molar-refractivity contribution < 1.29 is 9.47 Å². The number of benzene rings is 1. The molecule has 2 N–H and O–H groups in total. The SMILES string of the molecule is COc1cc(CN2CCCC(CN)C2)cc(OC)c1.Cl. The lowest BCUT2D eigenvalue weighted by atomic mass is 9.98. The summed E-state index contributed by atoms with van der Waals surface area (Å²) in [4.78, 5) is 2.47. The highest BCUT2D eigenvalue weighted by atomic mass is 35.5. The summed E-state index contributed by atoms with van der Waals surface area (Å²) >= 11 is 0. The van der Waals surface area contributed by atoms with E-state index in [-0.39, 0.29) is 12.4 Å². The summed E-state index contributed by atoms with van der Waals surface area (Å²) < 4.78 is 10.6. The van der Waals surface area contributed by atoms with E-state index in [9.17, 15) is 0 Å². The first kappa shape index (κ1) is 17.1. The van der Waals surface area contributed by atoms with E-state index in [1.54, 1.807) is 14.2 Å². The van der Waals surface area contributed by atoms with Crippen molar-refractivity contribution in [3.8, 4) is 11.5 Å². The molecule has 0 amide bonds. The van der Waals surface area contributed by atoms with Gasteiger partial charge in [0.2, 0.25) is 0 Å². The molecule has 20 heavy (non-hydrogen) atoms. The van der Waals surface area contributed by atoms with E-state index < -0.39 is 0 Å². The van der Waals surface area contributed by atoms with Crippen molar-refractivity contribution in [3.63, 3.8) is 0 Å². The lowest BCUT2D eigenvalue weighted by Crippen LogP contribution is -2.37. The van der Waals surface area contributed by atoms with Gasteiger partial charge in [-0.3, -0.25) is 4.90 Å². The molecule has 1 aliphatic heterocycles. The fourth-order valence-electron chi connectivity index (χ4n) is 2.70. The average Bonchev–Trinajstić information content (AvgIpc) is 2.47. The normalized spacial score (nSPS) is 19.2. The van der Waals surface area contributed by atoms with Crippen LogP contribution in [0.1, 0.15) is 18.4 Å². The van der Waals surface area contributed by atoms with Crippen LogP contribution in [0.15, 0.2) is 18.2 Å². The van der Waals surface area contributed by atoms with Crippen LogP contribution in [0.4, 0.5) is 0 Å². The van der Waals surface area contributed by atoms with E-state index in [4.69, 9.17) is 15.2 Å². The molecule has 0 saturated carbocycles. The molecule has 5 heteroatoms. The van der Waals surface area contributed by atoms with Crippen molar-refractivity contribution in [1.82, 2.24) is 4.90 Å². The van der Waals surface area contributed by atoms with Crippen LogP contribution in [0.2, 0.25) is 0 Å². The molecule has 0 spiro atoms. The summed E-state index contributed by atoms with van der Waals surface area (Å²) in [7, 11) is 3.37. The first-order chi connectivity index (χ1) is 9.25. The minimum atomic E-state index is 0.